The standard InChI is InChI=1S/C19H18N4O2S/c1-12-8-9-15(10-13(12)2)20-16(24)11-26-19-21-18(25)17(22-23-19)14-6-4-3-5-7-14/h3-10H,11H2,1-2H3,(H,20,24)(H,21,23,25). The summed E-state index contributed by atoms with van der Waals surface area (Å²) in [4.78, 5) is 26.9. The predicted molar refractivity (Wildman–Crippen MR) is 103 cm³/mol. The number of hydrogen-bond donors (Lipinski definition) is 2. The van der Waals surface area contributed by atoms with Crippen LogP contribution in [0.15, 0.2) is 58.5 Å². The molecule has 26 heavy (non-hydrogen) atoms. The van der Waals surface area contributed by atoms with Gasteiger partial charge in [0.05, 0.1) is 5.75 Å². The van der Waals surface area contributed by atoms with Gasteiger partial charge in [0.15, 0.2) is 10.9 Å². The van der Waals surface area contributed by atoms with Crippen LogP contribution in [0.25, 0.3) is 11.3 Å². The van der Waals surface area contributed by atoms with Crippen molar-refractivity contribution in [3.8, 4) is 11.3 Å². The molecule has 7 heteroatoms. The van der Waals surface area contributed by atoms with Gasteiger partial charge in [-0.2, -0.15) is 0 Å². The molecule has 0 aliphatic heterocycles. The van der Waals surface area contributed by atoms with Crippen LogP contribution in [0.4, 0.5) is 5.69 Å². The molecule has 0 radical (unpaired) electrons. The summed E-state index contributed by atoms with van der Waals surface area (Å²) in [5, 5.41) is 11.1. The molecule has 0 aliphatic carbocycles. The minimum absolute atomic E-state index is 0.127. The molecule has 1 heterocycles. The zero-order chi connectivity index (χ0) is 18.5. The number of aromatic amines is 1. The van der Waals surface area contributed by atoms with Gasteiger partial charge in [-0.3, -0.25) is 14.6 Å². The summed E-state index contributed by atoms with van der Waals surface area (Å²) in [5.74, 6) is -0.0459. The number of aromatic nitrogens is 3. The second-order valence-electron chi connectivity index (χ2n) is 5.81. The lowest BCUT2D eigenvalue weighted by Crippen LogP contribution is -2.17. The van der Waals surface area contributed by atoms with Crippen LogP contribution in [0.3, 0.4) is 0 Å². The smallest absolute Gasteiger partial charge is 0.278 e. The van der Waals surface area contributed by atoms with Crippen molar-refractivity contribution in [2.75, 3.05) is 11.1 Å². The number of thioether (sulfide) groups is 1. The van der Waals surface area contributed by atoms with E-state index in [2.05, 4.69) is 20.5 Å². The lowest BCUT2D eigenvalue weighted by Gasteiger charge is -2.07. The summed E-state index contributed by atoms with van der Waals surface area (Å²) in [6, 6.07) is 14.9. The van der Waals surface area contributed by atoms with Crippen molar-refractivity contribution in [2.45, 2.75) is 19.0 Å². The highest BCUT2D eigenvalue weighted by atomic mass is 32.2. The van der Waals surface area contributed by atoms with E-state index >= 15 is 0 Å². The van der Waals surface area contributed by atoms with E-state index in [4.69, 9.17) is 0 Å². The third-order valence-electron chi connectivity index (χ3n) is 3.85. The van der Waals surface area contributed by atoms with E-state index in [1.807, 2.05) is 50.2 Å². The molecule has 0 saturated carbocycles. The number of nitrogens with one attached hydrogen (secondary N) is 2. The first-order valence-electron chi connectivity index (χ1n) is 8.05. The molecule has 3 rings (SSSR count). The molecule has 3 aromatic rings. The number of rotatable bonds is 5. The molecule has 0 unspecified atom stereocenters. The Hall–Kier alpha value is -2.93. The zero-order valence-corrected chi connectivity index (χ0v) is 15.3. The average Bonchev–Trinajstić information content (AvgIpc) is 2.64. The fourth-order valence-electron chi connectivity index (χ4n) is 2.32. The maximum atomic E-state index is 12.2. The molecule has 2 aromatic carbocycles. The van der Waals surface area contributed by atoms with Crippen molar-refractivity contribution >= 4 is 23.4 Å². The summed E-state index contributed by atoms with van der Waals surface area (Å²) < 4.78 is 0. The van der Waals surface area contributed by atoms with Gasteiger partial charge in [0.1, 0.15) is 0 Å². The second-order valence-corrected chi connectivity index (χ2v) is 6.77. The molecule has 0 aliphatic rings. The van der Waals surface area contributed by atoms with E-state index in [-0.39, 0.29) is 22.9 Å². The van der Waals surface area contributed by atoms with Gasteiger partial charge in [-0.1, -0.05) is 48.2 Å². The Bertz CT molecular complexity index is 986. The van der Waals surface area contributed by atoms with Gasteiger partial charge in [0.25, 0.3) is 5.56 Å². The van der Waals surface area contributed by atoms with E-state index in [1.165, 1.54) is 5.56 Å². The molecular weight excluding hydrogens is 348 g/mol. The van der Waals surface area contributed by atoms with Gasteiger partial charge < -0.3 is 5.32 Å². The third-order valence-corrected chi connectivity index (χ3v) is 4.72. The van der Waals surface area contributed by atoms with Crippen LogP contribution in [-0.2, 0) is 4.79 Å². The summed E-state index contributed by atoms with van der Waals surface area (Å²) in [5.41, 5.74) is 3.66. The molecule has 0 saturated heterocycles. The molecule has 1 amide bonds. The van der Waals surface area contributed by atoms with Crippen LogP contribution in [0.1, 0.15) is 11.1 Å². The van der Waals surface area contributed by atoms with Crippen molar-refractivity contribution in [1.29, 1.82) is 0 Å². The fraction of sp³-hybridized carbons (Fsp3) is 0.158. The maximum absolute atomic E-state index is 12.2. The van der Waals surface area contributed by atoms with Gasteiger partial charge in [-0.05, 0) is 37.1 Å². The van der Waals surface area contributed by atoms with Crippen molar-refractivity contribution in [3.05, 3.63) is 70.0 Å². The highest BCUT2D eigenvalue weighted by Gasteiger charge is 2.10. The van der Waals surface area contributed by atoms with Gasteiger partial charge in [0.2, 0.25) is 5.91 Å². The van der Waals surface area contributed by atoms with Crippen molar-refractivity contribution in [2.24, 2.45) is 0 Å². The van der Waals surface area contributed by atoms with E-state index in [1.54, 1.807) is 12.1 Å². The zero-order valence-electron chi connectivity index (χ0n) is 14.4. The largest absolute Gasteiger partial charge is 0.325 e. The normalized spacial score (nSPS) is 10.5. The molecule has 132 valence electrons. The SMILES string of the molecule is Cc1ccc(NC(=O)CSc2nnc(-c3ccccc3)c(=O)[nH]2)cc1C. The summed E-state index contributed by atoms with van der Waals surface area (Å²) in [6.45, 7) is 4.01. The Morgan fingerprint density at radius 2 is 1.85 bits per heavy atom. The van der Waals surface area contributed by atoms with E-state index < -0.39 is 0 Å². The maximum Gasteiger partial charge on any atom is 0.278 e. The first kappa shape index (κ1) is 17.9. The molecule has 0 bridgehead atoms. The van der Waals surface area contributed by atoms with Crippen LogP contribution in [0.5, 0.6) is 0 Å². The van der Waals surface area contributed by atoms with Crippen molar-refractivity contribution < 1.29 is 4.79 Å². The third kappa shape index (κ3) is 4.37. The number of amides is 1. The van der Waals surface area contributed by atoms with E-state index in [0.717, 1.165) is 23.0 Å². The van der Waals surface area contributed by atoms with Crippen LogP contribution < -0.4 is 10.9 Å². The quantitative estimate of drug-likeness (QED) is 0.677. The van der Waals surface area contributed by atoms with Gasteiger partial charge >= 0.3 is 0 Å². The first-order valence-corrected chi connectivity index (χ1v) is 9.04. The molecule has 0 atom stereocenters. The minimum Gasteiger partial charge on any atom is -0.325 e. The van der Waals surface area contributed by atoms with E-state index in [0.29, 0.717) is 10.7 Å². The summed E-state index contributed by atoms with van der Waals surface area (Å²) in [6.07, 6.45) is 0. The average molecular weight is 366 g/mol. The first-order chi connectivity index (χ1) is 12.5. The predicted octanol–water partition coefficient (Wildman–Crippen LogP) is 3.18. The number of nitrogens with zero attached hydrogens (tertiary/aromatic N) is 2. The highest BCUT2D eigenvalue weighted by Crippen LogP contribution is 2.16. The number of carbonyl (C=O) groups is 1. The Labute approximate surface area is 155 Å². The lowest BCUT2D eigenvalue weighted by molar-refractivity contribution is -0.113. The van der Waals surface area contributed by atoms with Crippen LogP contribution in [0, 0.1) is 13.8 Å². The monoisotopic (exact) mass is 366 g/mol. The number of carbonyl (C=O) groups excluding carboxylic acids is 1. The van der Waals surface area contributed by atoms with Gasteiger partial charge in [0, 0.05) is 11.3 Å². The fourth-order valence-corrected chi connectivity index (χ4v) is 2.93. The summed E-state index contributed by atoms with van der Waals surface area (Å²) in [7, 11) is 0. The summed E-state index contributed by atoms with van der Waals surface area (Å²) >= 11 is 1.13. The number of aryl methyl sites for hydroxylation is 2. The number of hydrogen-bond acceptors (Lipinski definition) is 5. The number of anilines is 1. The lowest BCUT2D eigenvalue weighted by atomic mass is 10.1. The molecule has 6 nitrogen and oxygen atoms in total. The molecule has 2 N–H and O–H groups in total. The second kappa shape index (κ2) is 7.97. The van der Waals surface area contributed by atoms with Crippen LogP contribution in [0.2, 0.25) is 0 Å². The Morgan fingerprint density at radius 3 is 2.54 bits per heavy atom. The van der Waals surface area contributed by atoms with Gasteiger partial charge in [-0.15, -0.1) is 10.2 Å². The van der Waals surface area contributed by atoms with Gasteiger partial charge in [-0.25, -0.2) is 0 Å². The van der Waals surface area contributed by atoms with Crippen molar-refractivity contribution in [3.63, 3.8) is 0 Å². The van der Waals surface area contributed by atoms with Crippen LogP contribution >= 0.6 is 11.8 Å². The minimum atomic E-state index is -0.330. The Balaban J connectivity index is 1.62. The highest BCUT2D eigenvalue weighted by molar-refractivity contribution is 7.99. The molecular formula is C19H18N4O2S. The number of benzene rings is 2. The number of H-pyrrole nitrogens is 1. The van der Waals surface area contributed by atoms with Crippen molar-refractivity contribution in [1.82, 2.24) is 15.2 Å². The topological polar surface area (TPSA) is 87.7 Å². The molecule has 0 fully saturated rings. The Morgan fingerprint density at radius 1 is 1.08 bits per heavy atom. The Kier molecular flexibility index (Phi) is 5.48. The molecule has 1 aromatic heterocycles. The van der Waals surface area contributed by atoms with Crippen LogP contribution in [-0.4, -0.2) is 26.8 Å². The molecule has 0 spiro atoms. The van der Waals surface area contributed by atoms with E-state index in [9.17, 15) is 9.59 Å².